The minimum atomic E-state index is 0.193. The zero-order valence-electron chi connectivity index (χ0n) is 13.1. The van der Waals surface area contributed by atoms with Gasteiger partial charge in [0.25, 0.3) is 0 Å². The summed E-state index contributed by atoms with van der Waals surface area (Å²) >= 11 is 4.90. The molecule has 1 aromatic carbocycles. The highest BCUT2D eigenvalue weighted by Gasteiger charge is 2.02. The second-order valence-electron chi connectivity index (χ2n) is 5.08. The van der Waals surface area contributed by atoms with Crippen LogP contribution in [-0.4, -0.2) is 22.6 Å². The first-order chi connectivity index (χ1) is 11.1. The van der Waals surface area contributed by atoms with Gasteiger partial charge in [-0.15, -0.1) is 0 Å². The molecule has 1 aromatic heterocycles. The molecule has 0 fully saturated rings. The minimum absolute atomic E-state index is 0.193. The average Bonchev–Trinajstić information content (AvgIpc) is 2.55. The van der Waals surface area contributed by atoms with Gasteiger partial charge in [-0.3, -0.25) is 4.98 Å². The second kappa shape index (κ2) is 8.85. The van der Waals surface area contributed by atoms with E-state index >= 15 is 0 Å². The molecule has 0 aliphatic heterocycles. The van der Waals surface area contributed by atoms with E-state index in [4.69, 9.17) is 18.0 Å². The van der Waals surface area contributed by atoms with E-state index in [0.717, 1.165) is 17.7 Å². The van der Waals surface area contributed by atoms with Crippen molar-refractivity contribution in [3.8, 4) is 0 Å². The molecule has 5 nitrogen and oxygen atoms in total. The lowest BCUT2D eigenvalue weighted by atomic mass is 10.2. The fraction of sp³-hybridized carbons (Fsp3) is 0.235. The standard InChI is InChI=1S/C17H21N5S/c1-13-6-5-10-19-15(13)9-11-20-17(22-16(18)23)21-12-14-7-3-2-4-8-14/h2-8,10H,9,11-12H2,1H3,(H4,18,20,21,22,23). The number of hydrogen-bond donors (Lipinski definition) is 3. The van der Waals surface area contributed by atoms with Crippen molar-refractivity contribution in [1.82, 2.24) is 15.6 Å². The number of benzene rings is 1. The molecule has 0 bridgehead atoms. The maximum Gasteiger partial charge on any atom is 0.197 e. The van der Waals surface area contributed by atoms with Crippen LogP contribution in [0.5, 0.6) is 0 Å². The van der Waals surface area contributed by atoms with Gasteiger partial charge < -0.3 is 16.4 Å². The summed E-state index contributed by atoms with van der Waals surface area (Å²) in [5.41, 5.74) is 8.93. The number of nitrogens with one attached hydrogen (secondary N) is 2. The number of rotatable bonds is 5. The van der Waals surface area contributed by atoms with Gasteiger partial charge in [0.1, 0.15) is 0 Å². The van der Waals surface area contributed by atoms with E-state index in [0.29, 0.717) is 19.0 Å². The highest BCUT2D eigenvalue weighted by molar-refractivity contribution is 7.80. The summed E-state index contributed by atoms with van der Waals surface area (Å²) in [6.07, 6.45) is 2.61. The predicted octanol–water partition coefficient (Wildman–Crippen LogP) is 1.91. The third-order valence-corrected chi connectivity index (χ3v) is 3.38. The minimum Gasteiger partial charge on any atom is -0.376 e. The van der Waals surface area contributed by atoms with Crippen LogP contribution in [0.15, 0.2) is 53.7 Å². The monoisotopic (exact) mass is 327 g/mol. The molecule has 0 aliphatic rings. The summed E-state index contributed by atoms with van der Waals surface area (Å²) in [7, 11) is 0. The van der Waals surface area contributed by atoms with Crippen molar-refractivity contribution >= 4 is 23.3 Å². The van der Waals surface area contributed by atoms with Crippen LogP contribution in [0.2, 0.25) is 0 Å². The van der Waals surface area contributed by atoms with Gasteiger partial charge in [0.05, 0.1) is 6.54 Å². The van der Waals surface area contributed by atoms with Crippen LogP contribution in [0, 0.1) is 6.92 Å². The molecule has 0 aliphatic carbocycles. The van der Waals surface area contributed by atoms with Gasteiger partial charge in [0.15, 0.2) is 11.1 Å². The zero-order valence-corrected chi connectivity index (χ0v) is 13.9. The van der Waals surface area contributed by atoms with E-state index in [1.165, 1.54) is 5.56 Å². The van der Waals surface area contributed by atoms with E-state index in [1.807, 2.05) is 36.4 Å². The predicted molar refractivity (Wildman–Crippen MR) is 98.2 cm³/mol. The Morgan fingerprint density at radius 3 is 2.70 bits per heavy atom. The number of hydrogen-bond acceptors (Lipinski definition) is 3. The highest BCUT2D eigenvalue weighted by Crippen LogP contribution is 2.03. The quantitative estimate of drug-likeness (QED) is 0.444. The summed E-state index contributed by atoms with van der Waals surface area (Å²) in [4.78, 5) is 8.87. The molecule has 6 heteroatoms. The molecular weight excluding hydrogens is 306 g/mol. The van der Waals surface area contributed by atoms with Crippen LogP contribution in [0.25, 0.3) is 0 Å². The van der Waals surface area contributed by atoms with Crippen molar-refractivity contribution < 1.29 is 0 Å². The Morgan fingerprint density at radius 1 is 1.22 bits per heavy atom. The van der Waals surface area contributed by atoms with Gasteiger partial charge in [-0.2, -0.15) is 0 Å². The maximum atomic E-state index is 5.56. The molecule has 23 heavy (non-hydrogen) atoms. The van der Waals surface area contributed by atoms with Gasteiger partial charge in [0.2, 0.25) is 0 Å². The molecule has 0 spiro atoms. The number of aliphatic imine (C=N–C) groups is 1. The third-order valence-electron chi connectivity index (χ3n) is 3.28. The Hall–Kier alpha value is -2.47. The fourth-order valence-corrected chi connectivity index (χ4v) is 2.19. The Balaban J connectivity index is 1.93. The Kier molecular flexibility index (Phi) is 6.50. The van der Waals surface area contributed by atoms with Gasteiger partial charge in [-0.1, -0.05) is 36.4 Å². The second-order valence-corrected chi connectivity index (χ2v) is 5.52. The average molecular weight is 327 g/mol. The third kappa shape index (κ3) is 6.04. The SMILES string of the molecule is Cc1cccnc1CCNC(=NCc1ccccc1)NC(N)=S. The van der Waals surface area contributed by atoms with E-state index in [9.17, 15) is 0 Å². The number of aromatic nitrogens is 1. The number of nitrogens with two attached hydrogens (primary N) is 1. The van der Waals surface area contributed by atoms with Gasteiger partial charge in [-0.05, 0) is 36.3 Å². The molecule has 4 N–H and O–H groups in total. The van der Waals surface area contributed by atoms with Crippen molar-refractivity contribution in [3.05, 3.63) is 65.5 Å². The van der Waals surface area contributed by atoms with Crippen LogP contribution in [0.3, 0.4) is 0 Å². The lowest BCUT2D eigenvalue weighted by Crippen LogP contribution is -2.44. The molecule has 0 unspecified atom stereocenters. The fourth-order valence-electron chi connectivity index (χ4n) is 2.09. The first kappa shape index (κ1) is 16.9. The van der Waals surface area contributed by atoms with Gasteiger partial charge in [0, 0.05) is 24.9 Å². The molecule has 2 rings (SSSR count). The van der Waals surface area contributed by atoms with Crippen LogP contribution in [0.4, 0.5) is 0 Å². The van der Waals surface area contributed by atoms with Crippen molar-refractivity contribution in [2.75, 3.05) is 6.54 Å². The summed E-state index contributed by atoms with van der Waals surface area (Å²) in [6, 6.07) is 14.0. The number of pyridine rings is 1. The van der Waals surface area contributed by atoms with Crippen molar-refractivity contribution in [2.45, 2.75) is 19.9 Å². The first-order valence-corrected chi connectivity index (χ1v) is 7.85. The molecule has 0 atom stereocenters. The van der Waals surface area contributed by atoms with Crippen LogP contribution in [0.1, 0.15) is 16.8 Å². The van der Waals surface area contributed by atoms with Gasteiger partial charge in [-0.25, -0.2) is 4.99 Å². The van der Waals surface area contributed by atoms with Crippen LogP contribution < -0.4 is 16.4 Å². The molecule has 0 radical (unpaired) electrons. The Labute approximate surface area is 142 Å². The largest absolute Gasteiger partial charge is 0.376 e. The van der Waals surface area contributed by atoms with E-state index < -0.39 is 0 Å². The molecule has 0 saturated heterocycles. The number of guanidine groups is 1. The lowest BCUT2D eigenvalue weighted by molar-refractivity contribution is 0.813. The molecule has 0 amide bonds. The Bertz CT molecular complexity index is 670. The molecule has 120 valence electrons. The number of aryl methyl sites for hydroxylation is 1. The highest BCUT2D eigenvalue weighted by atomic mass is 32.1. The summed E-state index contributed by atoms with van der Waals surface area (Å²) in [5.74, 6) is 0.579. The van der Waals surface area contributed by atoms with Crippen molar-refractivity contribution in [1.29, 1.82) is 0 Å². The zero-order chi connectivity index (χ0) is 16.5. The van der Waals surface area contributed by atoms with Crippen LogP contribution >= 0.6 is 12.2 Å². The molecule has 1 heterocycles. The molecule has 2 aromatic rings. The van der Waals surface area contributed by atoms with E-state index in [1.54, 1.807) is 6.20 Å². The Morgan fingerprint density at radius 2 is 2.00 bits per heavy atom. The van der Waals surface area contributed by atoms with Crippen molar-refractivity contribution in [3.63, 3.8) is 0 Å². The maximum absolute atomic E-state index is 5.56. The molecule has 0 saturated carbocycles. The van der Waals surface area contributed by atoms with Crippen molar-refractivity contribution in [2.24, 2.45) is 10.7 Å². The lowest BCUT2D eigenvalue weighted by Gasteiger charge is -2.12. The number of nitrogens with zero attached hydrogens (tertiary/aromatic N) is 2. The summed E-state index contributed by atoms with van der Waals surface area (Å²) in [6.45, 7) is 3.31. The summed E-state index contributed by atoms with van der Waals surface area (Å²) in [5, 5.41) is 6.30. The smallest absolute Gasteiger partial charge is 0.197 e. The van der Waals surface area contributed by atoms with Gasteiger partial charge >= 0.3 is 0 Å². The van der Waals surface area contributed by atoms with E-state index in [2.05, 4.69) is 33.6 Å². The van der Waals surface area contributed by atoms with Crippen LogP contribution in [-0.2, 0) is 13.0 Å². The summed E-state index contributed by atoms with van der Waals surface area (Å²) < 4.78 is 0. The normalized spacial score (nSPS) is 11.1. The molecular formula is C17H21N5S. The first-order valence-electron chi connectivity index (χ1n) is 7.44. The topological polar surface area (TPSA) is 75.3 Å². The number of thiocarbonyl (C=S) groups is 1. The van der Waals surface area contributed by atoms with E-state index in [-0.39, 0.29) is 5.11 Å².